The fourth-order valence-electron chi connectivity index (χ4n) is 1.10. The predicted molar refractivity (Wildman–Crippen MR) is 40.2 cm³/mol. The highest BCUT2D eigenvalue weighted by Gasteiger charge is 2.30. The second-order valence-corrected chi connectivity index (χ2v) is 2.68. The zero-order chi connectivity index (χ0) is 9.14. The van der Waals surface area contributed by atoms with Gasteiger partial charge in [-0.1, -0.05) is 0 Å². The monoisotopic (exact) mass is 170 g/mol. The third-order valence-corrected chi connectivity index (χ3v) is 1.82. The summed E-state index contributed by atoms with van der Waals surface area (Å²) in [5.74, 6) is -1.25. The third kappa shape index (κ3) is 1.44. The third-order valence-electron chi connectivity index (χ3n) is 1.82. The first kappa shape index (κ1) is 8.70. The summed E-state index contributed by atoms with van der Waals surface area (Å²) in [6.07, 6.45) is 0.618. The average molecular weight is 170 g/mol. The Morgan fingerprint density at radius 2 is 2.33 bits per heavy atom. The van der Waals surface area contributed by atoms with Gasteiger partial charge < -0.3 is 15.0 Å². The van der Waals surface area contributed by atoms with E-state index in [2.05, 4.69) is 5.32 Å². The topological polar surface area (TPSA) is 66.5 Å². The zero-order valence-electron chi connectivity index (χ0n) is 6.74. The first-order chi connectivity index (χ1) is 5.66. The van der Waals surface area contributed by atoms with E-state index in [0.29, 0.717) is 12.8 Å². The molecule has 0 aliphatic carbocycles. The molecule has 1 rings (SSSR count). The number of hydrogen-bond acceptors (Lipinski definition) is 3. The molecule has 1 heterocycles. The van der Waals surface area contributed by atoms with Gasteiger partial charge in [-0.15, -0.1) is 0 Å². The van der Waals surface area contributed by atoms with Crippen molar-refractivity contribution in [3.63, 3.8) is 0 Å². The smallest absolute Gasteiger partial charge is 0.312 e. The lowest BCUT2D eigenvalue weighted by Gasteiger charge is -2.31. The Kier molecular flexibility index (Phi) is 2.42. The maximum atomic E-state index is 11.1. The molecule has 66 valence electrons. The molecule has 5 heteroatoms. The Hall–Kier alpha value is -1.39. The van der Waals surface area contributed by atoms with E-state index in [0.717, 1.165) is 0 Å². The maximum absolute atomic E-state index is 11.1. The minimum atomic E-state index is -0.630. The molecule has 1 unspecified atom stereocenters. The molecule has 0 bridgehead atoms. The molecular weight excluding hydrogens is 160 g/mol. The van der Waals surface area contributed by atoms with Gasteiger partial charge >= 0.3 is 11.8 Å². The maximum Gasteiger partial charge on any atom is 0.312 e. The predicted octanol–water partition coefficient (Wildman–Crippen LogP) is -1.47. The molecule has 0 radical (unpaired) electrons. The van der Waals surface area contributed by atoms with Crippen molar-refractivity contribution in [2.75, 3.05) is 13.1 Å². The van der Waals surface area contributed by atoms with E-state index >= 15 is 0 Å². The Morgan fingerprint density at radius 3 is 2.92 bits per heavy atom. The summed E-state index contributed by atoms with van der Waals surface area (Å²) >= 11 is 0. The van der Waals surface area contributed by atoms with E-state index in [1.54, 1.807) is 6.92 Å². The molecule has 1 fully saturated rings. The highest BCUT2D eigenvalue weighted by molar-refractivity contribution is 6.35. The highest BCUT2D eigenvalue weighted by Crippen LogP contribution is 2.02. The summed E-state index contributed by atoms with van der Waals surface area (Å²) in [5.41, 5.74) is 0. The summed E-state index contributed by atoms with van der Waals surface area (Å²) < 4.78 is 0. The van der Waals surface area contributed by atoms with Crippen molar-refractivity contribution >= 4 is 18.1 Å². The van der Waals surface area contributed by atoms with Gasteiger partial charge in [-0.2, -0.15) is 0 Å². The molecule has 0 saturated carbocycles. The number of rotatable bonds is 2. The number of nitrogens with one attached hydrogen (secondary N) is 1. The summed E-state index contributed by atoms with van der Waals surface area (Å²) in [6, 6.07) is -0.0969. The van der Waals surface area contributed by atoms with Crippen molar-refractivity contribution in [3.8, 4) is 0 Å². The van der Waals surface area contributed by atoms with E-state index in [1.165, 1.54) is 4.90 Å². The van der Waals surface area contributed by atoms with Gasteiger partial charge in [0.1, 0.15) is 6.29 Å². The number of amides is 2. The molecule has 1 N–H and O–H groups in total. The lowest BCUT2D eigenvalue weighted by molar-refractivity contribution is -0.150. The lowest BCUT2D eigenvalue weighted by atomic mass is 10.2. The number of nitrogens with zero attached hydrogens (tertiary/aromatic N) is 1. The highest BCUT2D eigenvalue weighted by atomic mass is 16.2. The van der Waals surface area contributed by atoms with Crippen molar-refractivity contribution < 1.29 is 14.4 Å². The van der Waals surface area contributed by atoms with E-state index in [1.807, 2.05) is 0 Å². The first-order valence-electron chi connectivity index (χ1n) is 3.69. The number of hydrogen-bond donors (Lipinski definition) is 1. The molecule has 1 atom stereocenters. The number of carbonyl (C=O) groups is 3. The molecule has 12 heavy (non-hydrogen) atoms. The van der Waals surface area contributed by atoms with Gasteiger partial charge in [-0.3, -0.25) is 9.59 Å². The van der Waals surface area contributed by atoms with Gasteiger partial charge in [0.2, 0.25) is 0 Å². The molecule has 0 spiro atoms. The second-order valence-electron chi connectivity index (χ2n) is 2.68. The minimum Gasteiger partial charge on any atom is -0.346 e. The molecule has 1 aliphatic heterocycles. The summed E-state index contributed by atoms with van der Waals surface area (Å²) in [5, 5.41) is 2.42. The molecule has 1 saturated heterocycles. The summed E-state index contributed by atoms with van der Waals surface area (Å²) in [6.45, 7) is 2.19. The molecular formula is C7H10N2O3. The van der Waals surface area contributed by atoms with Crippen LogP contribution in [0.2, 0.25) is 0 Å². The van der Waals surface area contributed by atoms with Crippen LogP contribution in [0, 0.1) is 0 Å². The van der Waals surface area contributed by atoms with Gasteiger partial charge in [0.05, 0.1) is 6.54 Å². The molecule has 0 aromatic heterocycles. The second kappa shape index (κ2) is 3.34. The lowest BCUT2D eigenvalue weighted by Crippen LogP contribution is -2.57. The van der Waals surface area contributed by atoms with Crippen molar-refractivity contribution in [1.82, 2.24) is 10.2 Å². The van der Waals surface area contributed by atoms with Crippen LogP contribution in [0.25, 0.3) is 0 Å². The van der Waals surface area contributed by atoms with E-state index < -0.39 is 11.8 Å². The van der Waals surface area contributed by atoms with Crippen LogP contribution in [-0.2, 0) is 14.4 Å². The fourth-order valence-corrected chi connectivity index (χ4v) is 1.10. The van der Waals surface area contributed by atoms with Gasteiger partial charge in [0.25, 0.3) is 0 Å². The van der Waals surface area contributed by atoms with Crippen LogP contribution in [0.15, 0.2) is 0 Å². The van der Waals surface area contributed by atoms with Gasteiger partial charge in [0.15, 0.2) is 0 Å². The van der Waals surface area contributed by atoms with Crippen LogP contribution in [0.5, 0.6) is 0 Å². The normalized spacial score (nSPS) is 23.8. The van der Waals surface area contributed by atoms with Crippen LogP contribution < -0.4 is 5.32 Å². The van der Waals surface area contributed by atoms with Crippen molar-refractivity contribution in [3.05, 3.63) is 0 Å². The summed E-state index contributed by atoms with van der Waals surface area (Å²) in [4.78, 5) is 33.3. The van der Waals surface area contributed by atoms with Gasteiger partial charge in [-0.25, -0.2) is 0 Å². The number of carbonyl (C=O) groups excluding carboxylic acids is 3. The zero-order valence-corrected chi connectivity index (χ0v) is 6.74. The van der Waals surface area contributed by atoms with Crippen molar-refractivity contribution in [2.24, 2.45) is 0 Å². The Bertz CT molecular complexity index is 227. The van der Waals surface area contributed by atoms with Crippen LogP contribution >= 0.6 is 0 Å². The average Bonchev–Trinajstić information content (AvgIpc) is 2.06. The molecule has 0 aromatic rings. The van der Waals surface area contributed by atoms with E-state index in [9.17, 15) is 14.4 Å². The molecule has 1 aliphatic rings. The largest absolute Gasteiger partial charge is 0.346 e. The minimum absolute atomic E-state index is 0.00653. The number of aldehydes is 1. The van der Waals surface area contributed by atoms with Crippen LogP contribution in [0.1, 0.15) is 6.92 Å². The summed E-state index contributed by atoms with van der Waals surface area (Å²) in [7, 11) is 0. The molecule has 2 amide bonds. The Labute approximate surface area is 69.7 Å². The van der Waals surface area contributed by atoms with E-state index in [-0.39, 0.29) is 12.6 Å². The quantitative estimate of drug-likeness (QED) is 0.406. The molecule has 5 nitrogen and oxygen atoms in total. The van der Waals surface area contributed by atoms with Crippen LogP contribution in [-0.4, -0.2) is 42.1 Å². The number of piperazine rings is 1. The molecule has 0 aromatic carbocycles. The van der Waals surface area contributed by atoms with Crippen LogP contribution in [0.4, 0.5) is 0 Å². The standard InChI is InChI=1S/C7H10N2O3/c1-5-4-8-6(11)7(12)9(5)2-3-10/h3,5H,2,4H2,1H3,(H,8,11). The SMILES string of the molecule is CC1CNC(=O)C(=O)N1CC=O. The Balaban J connectivity index is 2.71. The van der Waals surface area contributed by atoms with Gasteiger partial charge in [-0.05, 0) is 6.92 Å². The van der Waals surface area contributed by atoms with E-state index in [4.69, 9.17) is 0 Å². The fraction of sp³-hybridized carbons (Fsp3) is 0.571. The first-order valence-corrected chi connectivity index (χ1v) is 3.69. The van der Waals surface area contributed by atoms with Gasteiger partial charge in [0, 0.05) is 12.6 Å². The van der Waals surface area contributed by atoms with Crippen LogP contribution in [0.3, 0.4) is 0 Å². The van der Waals surface area contributed by atoms with Crippen molar-refractivity contribution in [1.29, 1.82) is 0 Å². The van der Waals surface area contributed by atoms with Crippen molar-refractivity contribution in [2.45, 2.75) is 13.0 Å². The Morgan fingerprint density at radius 1 is 1.67 bits per heavy atom.